The third-order valence-electron chi connectivity index (χ3n) is 5.11. The molecule has 0 N–H and O–H groups in total. The van der Waals surface area contributed by atoms with Crippen molar-refractivity contribution in [1.29, 1.82) is 0 Å². The van der Waals surface area contributed by atoms with Gasteiger partial charge in [0.25, 0.3) is 0 Å². The van der Waals surface area contributed by atoms with E-state index in [4.69, 9.17) is 23.2 Å². The summed E-state index contributed by atoms with van der Waals surface area (Å²) in [5.41, 5.74) is 2.48. The summed E-state index contributed by atoms with van der Waals surface area (Å²) in [7, 11) is 0. The van der Waals surface area contributed by atoms with Gasteiger partial charge in [-0.05, 0) is 36.7 Å². The summed E-state index contributed by atoms with van der Waals surface area (Å²) in [4.78, 5) is 22.0. The minimum absolute atomic E-state index is 0.276. The van der Waals surface area contributed by atoms with Crippen LogP contribution in [0.2, 0.25) is 10.3 Å². The second kappa shape index (κ2) is 7.70. The van der Waals surface area contributed by atoms with E-state index in [9.17, 15) is 0 Å². The molecule has 0 amide bonds. The van der Waals surface area contributed by atoms with Crippen molar-refractivity contribution in [3.63, 3.8) is 0 Å². The first-order valence-electron chi connectivity index (χ1n) is 9.54. The van der Waals surface area contributed by atoms with Crippen LogP contribution in [0.1, 0.15) is 5.69 Å². The molecule has 1 fully saturated rings. The highest BCUT2D eigenvalue weighted by Gasteiger charge is 2.22. The number of hydrogen-bond acceptors (Lipinski definition) is 7. The Morgan fingerprint density at radius 1 is 0.933 bits per heavy atom. The van der Waals surface area contributed by atoms with E-state index < -0.39 is 0 Å². The lowest BCUT2D eigenvalue weighted by molar-refractivity contribution is 0.642. The first-order valence-corrected chi connectivity index (χ1v) is 10.3. The fraction of sp³-hybridized carbons (Fsp3) is 0.250. The normalized spacial score (nSPS) is 14.5. The van der Waals surface area contributed by atoms with E-state index in [0.717, 1.165) is 60.2 Å². The Balaban J connectivity index is 1.41. The van der Waals surface area contributed by atoms with Crippen LogP contribution < -0.4 is 9.80 Å². The van der Waals surface area contributed by atoms with Gasteiger partial charge in [-0.2, -0.15) is 5.10 Å². The van der Waals surface area contributed by atoms with E-state index in [1.54, 1.807) is 11.0 Å². The van der Waals surface area contributed by atoms with Crippen molar-refractivity contribution in [3.8, 4) is 5.69 Å². The molecule has 0 spiro atoms. The van der Waals surface area contributed by atoms with Gasteiger partial charge in [0.2, 0.25) is 5.28 Å². The van der Waals surface area contributed by atoms with Crippen molar-refractivity contribution in [2.75, 3.05) is 36.0 Å². The molecule has 0 unspecified atom stereocenters. The van der Waals surface area contributed by atoms with E-state index in [0.29, 0.717) is 5.02 Å². The molecule has 0 saturated carbocycles. The average Bonchev–Trinajstić information content (AvgIpc) is 3.17. The molecule has 3 aromatic heterocycles. The maximum absolute atomic E-state index is 6.15. The number of halogens is 2. The summed E-state index contributed by atoms with van der Waals surface area (Å²) in [6.07, 6.45) is 3.39. The van der Waals surface area contributed by atoms with Gasteiger partial charge in [0.15, 0.2) is 5.65 Å². The lowest BCUT2D eigenvalue weighted by Gasteiger charge is -2.36. The molecular weight excluding hydrogens is 423 g/mol. The molecule has 1 aliphatic rings. The maximum Gasteiger partial charge on any atom is 0.224 e. The molecule has 0 atom stereocenters. The fourth-order valence-electron chi connectivity index (χ4n) is 3.71. The van der Waals surface area contributed by atoms with E-state index in [1.165, 1.54) is 0 Å². The van der Waals surface area contributed by atoms with Crippen molar-refractivity contribution in [2.24, 2.45) is 0 Å². The number of aryl methyl sites for hydroxylation is 1. The number of piperazine rings is 1. The van der Waals surface area contributed by atoms with Crippen LogP contribution >= 0.6 is 23.2 Å². The molecule has 152 valence electrons. The number of fused-ring (bicyclic) bond motifs is 1. The number of nitrogens with zero attached hydrogens (tertiary/aromatic N) is 8. The first kappa shape index (κ1) is 19.0. The van der Waals surface area contributed by atoms with Crippen molar-refractivity contribution < 1.29 is 0 Å². The van der Waals surface area contributed by atoms with Gasteiger partial charge in [-0.1, -0.05) is 17.7 Å². The van der Waals surface area contributed by atoms with E-state index >= 15 is 0 Å². The van der Waals surface area contributed by atoms with Gasteiger partial charge in [-0.15, -0.1) is 0 Å². The monoisotopic (exact) mass is 440 g/mol. The fourth-order valence-corrected chi connectivity index (χ4v) is 4.11. The molecule has 4 aromatic rings. The Kier molecular flexibility index (Phi) is 4.88. The second-order valence-corrected chi connectivity index (χ2v) is 7.86. The average molecular weight is 441 g/mol. The predicted octanol–water partition coefficient (Wildman–Crippen LogP) is 3.55. The second-order valence-electron chi connectivity index (χ2n) is 7.08. The summed E-state index contributed by atoms with van der Waals surface area (Å²) in [6, 6.07) is 9.51. The molecule has 0 aliphatic carbocycles. The van der Waals surface area contributed by atoms with Crippen LogP contribution in [-0.2, 0) is 0 Å². The molecule has 10 heteroatoms. The number of benzene rings is 1. The van der Waals surface area contributed by atoms with E-state index in [1.807, 2.05) is 43.5 Å². The summed E-state index contributed by atoms with van der Waals surface area (Å²) < 4.78 is 1.79. The zero-order chi connectivity index (χ0) is 20.7. The summed E-state index contributed by atoms with van der Waals surface area (Å²) in [5, 5.41) is 6.37. The SMILES string of the molecule is Cc1cc(N2CCN(c3ncnc4c3cnn4-c3cccc(Cl)c3)CC2)nc(Cl)n1. The minimum atomic E-state index is 0.276. The van der Waals surface area contributed by atoms with Crippen molar-refractivity contribution in [2.45, 2.75) is 6.92 Å². The van der Waals surface area contributed by atoms with Gasteiger partial charge in [0, 0.05) is 43.0 Å². The summed E-state index contributed by atoms with van der Waals surface area (Å²) in [6.45, 7) is 5.13. The van der Waals surface area contributed by atoms with Gasteiger partial charge in [-0.25, -0.2) is 24.6 Å². The third-order valence-corrected chi connectivity index (χ3v) is 5.52. The number of anilines is 2. The van der Waals surface area contributed by atoms with Crippen LogP contribution in [0.5, 0.6) is 0 Å². The molecule has 0 radical (unpaired) electrons. The number of hydrogen-bond donors (Lipinski definition) is 0. The van der Waals surface area contributed by atoms with Crippen LogP contribution in [0.15, 0.2) is 42.9 Å². The highest BCUT2D eigenvalue weighted by molar-refractivity contribution is 6.30. The minimum Gasteiger partial charge on any atom is -0.353 e. The lowest BCUT2D eigenvalue weighted by atomic mass is 10.2. The topological polar surface area (TPSA) is 75.9 Å². The largest absolute Gasteiger partial charge is 0.353 e. The van der Waals surface area contributed by atoms with Crippen LogP contribution in [-0.4, -0.2) is 55.9 Å². The quantitative estimate of drug-likeness (QED) is 0.450. The highest BCUT2D eigenvalue weighted by Crippen LogP contribution is 2.27. The van der Waals surface area contributed by atoms with Crippen LogP contribution in [0, 0.1) is 6.92 Å². The van der Waals surface area contributed by atoms with Crippen molar-refractivity contribution in [3.05, 3.63) is 58.9 Å². The Bertz CT molecular complexity index is 1200. The Labute approximate surface area is 183 Å². The molecule has 30 heavy (non-hydrogen) atoms. The van der Waals surface area contributed by atoms with Gasteiger partial charge in [0.1, 0.15) is 18.0 Å². The summed E-state index contributed by atoms with van der Waals surface area (Å²) in [5.74, 6) is 1.73. The zero-order valence-corrected chi connectivity index (χ0v) is 17.7. The smallest absolute Gasteiger partial charge is 0.224 e. The van der Waals surface area contributed by atoms with Crippen LogP contribution in [0.25, 0.3) is 16.7 Å². The molecule has 8 nitrogen and oxygen atoms in total. The van der Waals surface area contributed by atoms with Crippen molar-refractivity contribution in [1.82, 2.24) is 29.7 Å². The molecule has 0 bridgehead atoms. The molecule has 1 saturated heterocycles. The lowest BCUT2D eigenvalue weighted by Crippen LogP contribution is -2.47. The van der Waals surface area contributed by atoms with Crippen molar-refractivity contribution >= 4 is 45.9 Å². The van der Waals surface area contributed by atoms with E-state index in [-0.39, 0.29) is 5.28 Å². The Morgan fingerprint density at radius 3 is 2.50 bits per heavy atom. The summed E-state index contributed by atoms with van der Waals surface area (Å²) >= 11 is 12.2. The molecule has 5 rings (SSSR count). The molecular formula is C20H18Cl2N8. The molecule has 1 aromatic carbocycles. The van der Waals surface area contributed by atoms with Gasteiger partial charge >= 0.3 is 0 Å². The predicted molar refractivity (Wildman–Crippen MR) is 118 cm³/mol. The third kappa shape index (κ3) is 3.53. The van der Waals surface area contributed by atoms with E-state index in [2.05, 4.69) is 34.8 Å². The Hall–Kier alpha value is -2.97. The van der Waals surface area contributed by atoms with Crippen LogP contribution in [0.3, 0.4) is 0 Å². The van der Waals surface area contributed by atoms with Crippen LogP contribution in [0.4, 0.5) is 11.6 Å². The number of rotatable bonds is 3. The molecule has 4 heterocycles. The highest BCUT2D eigenvalue weighted by atomic mass is 35.5. The maximum atomic E-state index is 6.15. The standard InChI is InChI=1S/C20H18Cl2N8/c1-13-9-17(27-20(22)26-13)28-5-7-29(8-6-28)18-16-11-25-30(19(16)24-12-23-18)15-4-2-3-14(21)10-15/h2-4,9-12H,5-8H2,1H3. The van der Waals surface area contributed by atoms with Gasteiger partial charge in [-0.3, -0.25) is 0 Å². The zero-order valence-electron chi connectivity index (χ0n) is 16.2. The number of aromatic nitrogens is 6. The Morgan fingerprint density at radius 2 is 1.73 bits per heavy atom. The van der Waals surface area contributed by atoms with Gasteiger partial charge in [0.05, 0.1) is 17.3 Å². The molecule has 1 aliphatic heterocycles. The first-order chi connectivity index (χ1) is 14.6. The van der Waals surface area contributed by atoms with Gasteiger partial charge < -0.3 is 9.80 Å².